The number of nitrogens with zero attached hydrogens (tertiary/aromatic N) is 2. The van der Waals surface area contributed by atoms with Crippen molar-refractivity contribution in [2.24, 2.45) is 0 Å². The van der Waals surface area contributed by atoms with Crippen LogP contribution in [0.25, 0.3) is 0 Å². The summed E-state index contributed by atoms with van der Waals surface area (Å²) in [4.78, 5) is 12.3. The summed E-state index contributed by atoms with van der Waals surface area (Å²) in [7, 11) is 0. The lowest BCUT2D eigenvalue weighted by atomic mass is 10.1. The SMILES string of the molecule is CCn1cc(N)c(C(=O)Nc2c(C)cc(C)cc2Br)n1. The summed E-state index contributed by atoms with van der Waals surface area (Å²) in [6.45, 7) is 6.56. The number of benzene rings is 1. The van der Waals surface area contributed by atoms with Crippen molar-refractivity contribution in [1.82, 2.24) is 9.78 Å². The summed E-state index contributed by atoms with van der Waals surface area (Å²) < 4.78 is 2.48. The maximum absolute atomic E-state index is 12.3. The Kier molecular flexibility index (Phi) is 4.13. The van der Waals surface area contributed by atoms with Crippen LogP contribution in [0.2, 0.25) is 0 Å². The average Bonchev–Trinajstić information content (AvgIpc) is 2.75. The summed E-state index contributed by atoms with van der Waals surface area (Å²) in [5.74, 6) is -0.303. The van der Waals surface area contributed by atoms with Gasteiger partial charge in [0.25, 0.3) is 5.91 Å². The number of nitrogen functional groups attached to an aromatic ring is 1. The molecule has 106 valence electrons. The summed E-state index contributed by atoms with van der Waals surface area (Å²) in [6.07, 6.45) is 1.66. The predicted octanol–water partition coefficient (Wildman–Crippen LogP) is 3.12. The van der Waals surface area contributed by atoms with Gasteiger partial charge in [0, 0.05) is 17.2 Å². The van der Waals surface area contributed by atoms with E-state index in [1.54, 1.807) is 10.9 Å². The zero-order chi connectivity index (χ0) is 14.9. The highest BCUT2D eigenvalue weighted by atomic mass is 79.9. The molecule has 2 rings (SSSR count). The lowest BCUT2D eigenvalue weighted by Crippen LogP contribution is -2.16. The van der Waals surface area contributed by atoms with Gasteiger partial charge in [-0.15, -0.1) is 0 Å². The van der Waals surface area contributed by atoms with Gasteiger partial charge in [0.15, 0.2) is 5.69 Å². The van der Waals surface area contributed by atoms with Crippen LogP contribution in [0.15, 0.2) is 22.8 Å². The van der Waals surface area contributed by atoms with E-state index in [0.717, 1.165) is 21.3 Å². The van der Waals surface area contributed by atoms with E-state index in [1.165, 1.54) is 0 Å². The molecule has 2 aromatic rings. The van der Waals surface area contributed by atoms with Gasteiger partial charge in [-0.2, -0.15) is 5.10 Å². The number of hydrogen-bond acceptors (Lipinski definition) is 3. The third-order valence-corrected chi connectivity index (χ3v) is 3.62. The molecule has 0 bridgehead atoms. The van der Waals surface area contributed by atoms with Gasteiger partial charge < -0.3 is 11.1 Å². The minimum absolute atomic E-state index is 0.249. The van der Waals surface area contributed by atoms with Crippen molar-refractivity contribution in [2.75, 3.05) is 11.1 Å². The number of carbonyl (C=O) groups excluding carboxylic acids is 1. The van der Waals surface area contributed by atoms with Crippen LogP contribution < -0.4 is 11.1 Å². The molecule has 1 aromatic carbocycles. The van der Waals surface area contributed by atoms with Crippen LogP contribution in [0, 0.1) is 13.8 Å². The fourth-order valence-electron chi connectivity index (χ4n) is 2.02. The highest BCUT2D eigenvalue weighted by Gasteiger charge is 2.17. The molecule has 1 heterocycles. The van der Waals surface area contributed by atoms with Crippen molar-refractivity contribution in [3.8, 4) is 0 Å². The first kappa shape index (κ1) is 14.6. The second kappa shape index (κ2) is 5.66. The van der Waals surface area contributed by atoms with E-state index >= 15 is 0 Å². The molecule has 20 heavy (non-hydrogen) atoms. The summed E-state index contributed by atoms with van der Waals surface area (Å²) in [6, 6.07) is 3.96. The summed E-state index contributed by atoms with van der Waals surface area (Å²) in [5.41, 5.74) is 9.30. The predicted molar refractivity (Wildman–Crippen MR) is 83.9 cm³/mol. The number of hydrogen-bond donors (Lipinski definition) is 2. The van der Waals surface area contributed by atoms with Crippen LogP contribution in [-0.2, 0) is 6.54 Å². The molecule has 0 aliphatic heterocycles. The third-order valence-electron chi connectivity index (χ3n) is 3.00. The first-order valence-corrected chi connectivity index (χ1v) is 7.12. The smallest absolute Gasteiger partial charge is 0.278 e. The topological polar surface area (TPSA) is 72.9 Å². The van der Waals surface area contributed by atoms with Gasteiger partial charge in [-0.1, -0.05) is 6.07 Å². The molecule has 0 aliphatic carbocycles. The Morgan fingerprint density at radius 2 is 2.15 bits per heavy atom. The molecule has 6 heteroatoms. The van der Waals surface area contributed by atoms with Crippen molar-refractivity contribution in [3.05, 3.63) is 39.6 Å². The van der Waals surface area contributed by atoms with Gasteiger partial charge in [-0.05, 0) is 53.9 Å². The average molecular weight is 337 g/mol. The van der Waals surface area contributed by atoms with E-state index in [9.17, 15) is 4.79 Å². The lowest BCUT2D eigenvalue weighted by molar-refractivity contribution is 0.102. The number of nitrogens with one attached hydrogen (secondary N) is 1. The van der Waals surface area contributed by atoms with E-state index in [-0.39, 0.29) is 11.6 Å². The van der Waals surface area contributed by atoms with Gasteiger partial charge in [0.1, 0.15) is 0 Å². The number of aromatic nitrogens is 2. The van der Waals surface area contributed by atoms with Crippen LogP contribution in [0.3, 0.4) is 0 Å². The number of carbonyl (C=O) groups is 1. The lowest BCUT2D eigenvalue weighted by Gasteiger charge is -2.11. The Bertz CT molecular complexity index is 640. The number of nitrogens with two attached hydrogens (primary N) is 1. The molecule has 0 spiro atoms. The quantitative estimate of drug-likeness (QED) is 0.904. The maximum atomic E-state index is 12.3. The molecule has 0 radical (unpaired) electrons. The Labute approximate surface area is 126 Å². The van der Waals surface area contributed by atoms with Crippen LogP contribution >= 0.6 is 15.9 Å². The van der Waals surface area contributed by atoms with Gasteiger partial charge in [-0.3, -0.25) is 9.48 Å². The largest absolute Gasteiger partial charge is 0.396 e. The van der Waals surface area contributed by atoms with E-state index in [2.05, 4.69) is 26.3 Å². The number of aryl methyl sites for hydroxylation is 3. The second-order valence-corrected chi connectivity index (χ2v) is 5.54. The number of anilines is 2. The first-order valence-electron chi connectivity index (χ1n) is 6.33. The molecular formula is C14H17BrN4O. The maximum Gasteiger partial charge on any atom is 0.278 e. The van der Waals surface area contributed by atoms with Gasteiger partial charge in [-0.25, -0.2) is 0 Å². The van der Waals surface area contributed by atoms with Crippen LogP contribution in [0.5, 0.6) is 0 Å². The minimum Gasteiger partial charge on any atom is -0.396 e. The standard InChI is InChI=1S/C14H17BrN4O/c1-4-19-7-11(16)13(18-19)14(20)17-12-9(3)5-8(2)6-10(12)15/h5-7H,4,16H2,1-3H3,(H,17,20). The van der Waals surface area contributed by atoms with Crippen LogP contribution in [0.1, 0.15) is 28.5 Å². The normalized spacial score (nSPS) is 10.6. The molecule has 0 saturated carbocycles. The van der Waals surface area contributed by atoms with Crippen molar-refractivity contribution < 1.29 is 4.79 Å². The molecule has 0 atom stereocenters. The second-order valence-electron chi connectivity index (χ2n) is 4.68. The Balaban J connectivity index is 2.30. The van der Waals surface area contributed by atoms with Gasteiger partial charge in [0.05, 0.1) is 11.4 Å². The number of rotatable bonds is 3. The fraction of sp³-hybridized carbons (Fsp3) is 0.286. The van der Waals surface area contributed by atoms with Crippen molar-refractivity contribution >= 4 is 33.2 Å². The van der Waals surface area contributed by atoms with E-state index in [1.807, 2.05) is 32.9 Å². The zero-order valence-corrected chi connectivity index (χ0v) is 13.3. The van der Waals surface area contributed by atoms with E-state index < -0.39 is 0 Å². The van der Waals surface area contributed by atoms with Crippen molar-refractivity contribution in [1.29, 1.82) is 0 Å². The molecule has 1 amide bonds. The Morgan fingerprint density at radius 3 is 2.70 bits per heavy atom. The molecule has 0 unspecified atom stereocenters. The van der Waals surface area contributed by atoms with Crippen LogP contribution in [-0.4, -0.2) is 15.7 Å². The number of halogens is 1. The Morgan fingerprint density at radius 1 is 1.45 bits per heavy atom. The summed E-state index contributed by atoms with van der Waals surface area (Å²) in [5, 5.41) is 7.02. The minimum atomic E-state index is -0.303. The first-order chi connectivity index (χ1) is 9.42. The summed E-state index contributed by atoms with van der Waals surface area (Å²) >= 11 is 3.46. The fourth-order valence-corrected chi connectivity index (χ4v) is 2.79. The molecule has 3 N–H and O–H groups in total. The molecule has 1 aromatic heterocycles. The molecule has 0 fully saturated rings. The molecule has 5 nitrogen and oxygen atoms in total. The molecule has 0 saturated heterocycles. The van der Waals surface area contributed by atoms with Gasteiger partial charge in [0.2, 0.25) is 0 Å². The third kappa shape index (κ3) is 2.85. The number of amides is 1. The highest BCUT2D eigenvalue weighted by molar-refractivity contribution is 9.10. The zero-order valence-electron chi connectivity index (χ0n) is 11.7. The van der Waals surface area contributed by atoms with Gasteiger partial charge >= 0.3 is 0 Å². The highest BCUT2D eigenvalue weighted by Crippen LogP contribution is 2.28. The molecular weight excluding hydrogens is 320 g/mol. The Hall–Kier alpha value is -1.82. The van der Waals surface area contributed by atoms with E-state index in [4.69, 9.17) is 5.73 Å². The monoisotopic (exact) mass is 336 g/mol. The van der Waals surface area contributed by atoms with Crippen LogP contribution in [0.4, 0.5) is 11.4 Å². The molecule has 0 aliphatic rings. The van der Waals surface area contributed by atoms with Crippen molar-refractivity contribution in [2.45, 2.75) is 27.3 Å². The van der Waals surface area contributed by atoms with Crippen molar-refractivity contribution in [3.63, 3.8) is 0 Å². The van der Waals surface area contributed by atoms with E-state index in [0.29, 0.717) is 12.2 Å².